The van der Waals surface area contributed by atoms with Crippen molar-refractivity contribution in [3.63, 3.8) is 0 Å². The van der Waals surface area contributed by atoms with Crippen LogP contribution in [0.1, 0.15) is 24.6 Å². The molecule has 0 saturated carbocycles. The molecule has 23 heavy (non-hydrogen) atoms. The first-order valence-electron chi connectivity index (χ1n) is 7.58. The normalized spacial score (nSPS) is 10.9. The number of carbonyl (C=O) groups excluding carboxylic acids is 1. The number of aryl methyl sites for hydroxylation is 1. The number of nitrogens with zero attached hydrogens (tertiary/aromatic N) is 2. The first kappa shape index (κ1) is 15.2. The number of aromatic hydroxyl groups is 1. The molecule has 0 radical (unpaired) electrons. The number of ketones is 1. The second-order valence-electron chi connectivity index (χ2n) is 5.70. The Bertz CT molecular complexity index is 888. The summed E-state index contributed by atoms with van der Waals surface area (Å²) in [6.07, 6.45) is 4.25. The van der Waals surface area contributed by atoms with Crippen LogP contribution in [0.4, 0.5) is 0 Å². The standard InChI is InChI=1S/C19H18N2O2/c1-12(22)7-8-16-13(2)21-18-6-4-3-5-17(18)19(16)14-9-15(23)11-20-10-14/h3-6,9-11,23H,7-8H2,1-2H3. The van der Waals surface area contributed by atoms with Crippen molar-refractivity contribution in [2.45, 2.75) is 26.7 Å². The monoisotopic (exact) mass is 306 g/mol. The number of aromatic nitrogens is 2. The molecule has 0 fully saturated rings. The number of pyridine rings is 2. The van der Waals surface area contributed by atoms with Crippen molar-refractivity contribution < 1.29 is 9.90 Å². The molecular weight excluding hydrogens is 288 g/mol. The molecule has 0 aliphatic heterocycles. The Balaban J connectivity index is 2.29. The Kier molecular flexibility index (Phi) is 4.06. The molecule has 2 heterocycles. The van der Waals surface area contributed by atoms with Gasteiger partial charge in [-0.25, -0.2) is 0 Å². The molecule has 1 aromatic carbocycles. The summed E-state index contributed by atoms with van der Waals surface area (Å²) in [6.45, 7) is 3.56. The average Bonchev–Trinajstić information content (AvgIpc) is 2.52. The van der Waals surface area contributed by atoms with Gasteiger partial charge in [0.2, 0.25) is 0 Å². The highest BCUT2D eigenvalue weighted by molar-refractivity contribution is 5.96. The molecule has 3 rings (SSSR count). The third-order valence-electron chi connectivity index (χ3n) is 3.94. The van der Waals surface area contributed by atoms with Gasteiger partial charge in [-0.05, 0) is 43.5 Å². The summed E-state index contributed by atoms with van der Waals surface area (Å²) >= 11 is 0. The predicted molar refractivity (Wildman–Crippen MR) is 90.4 cm³/mol. The minimum Gasteiger partial charge on any atom is -0.506 e. The molecule has 0 atom stereocenters. The number of hydrogen-bond acceptors (Lipinski definition) is 4. The van der Waals surface area contributed by atoms with Crippen molar-refractivity contribution in [2.24, 2.45) is 0 Å². The quantitative estimate of drug-likeness (QED) is 0.795. The van der Waals surface area contributed by atoms with Crippen LogP contribution in [0.15, 0.2) is 42.7 Å². The maximum atomic E-state index is 11.4. The Hall–Kier alpha value is -2.75. The Morgan fingerprint density at radius 1 is 1.22 bits per heavy atom. The summed E-state index contributed by atoms with van der Waals surface area (Å²) in [6, 6.07) is 9.60. The molecular formula is C19H18N2O2. The van der Waals surface area contributed by atoms with Crippen molar-refractivity contribution in [1.29, 1.82) is 0 Å². The van der Waals surface area contributed by atoms with Gasteiger partial charge in [0.1, 0.15) is 11.5 Å². The minimum absolute atomic E-state index is 0.124. The summed E-state index contributed by atoms with van der Waals surface area (Å²) in [4.78, 5) is 20.2. The summed E-state index contributed by atoms with van der Waals surface area (Å²) < 4.78 is 0. The smallest absolute Gasteiger partial charge is 0.134 e. The number of Topliss-reactive ketones (excluding diaryl/α,β-unsaturated/α-hetero) is 1. The fourth-order valence-electron chi connectivity index (χ4n) is 2.88. The topological polar surface area (TPSA) is 63.1 Å². The molecule has 4 nitrogen and oxygen atoms in total. The minimum atomic E-state index is 0.124. The van der Waals surface area contributed by atoms with E-state index >= 15 is 0 Å². The van der Waals surface area contributed by atoms with E-state index in [1.807, 2.05) is 31.2 Å². The molecule has 116 valence electrons. The lowest BCUT2D eigenvalue weighted by atomic mass is 9.92. The van der Waals surface area contributed by atoms with Gasteiger partial charge in [-0.3, -0.25) is 9.97 Å². The fourth-order valence-corrected chi connectivity index (χ4v) is 2.88. The van der Waals surface area contributed by atoms with E-state index < -0.39 is 0 Å². The summed E-state index contributed by atoms with van der Waals surface area (Å²) in [5, 5.41) is 10.8. The lowest BCUT2D eigenvalue weighted by Crippen LogP contribution is -2.02. The Morgan fingerprint density at radius 2 is 2.00 bits per heavy atom. The van der Waals surface area contributed by atoms with Gasteiger partial charge in [-0.15, -0.1) is 0 Å². The summed E-state index contributed by atoms with van der Waals surface area (Å²) in [7, 11) is 0. The Labute approximate surface area is 134 Å². The van der Waals surface area contributed by atoms with E-state index in [0.29, 0.717) is 12.8 Å². The van der Waals surface area contributed by atoms with Crippen LogP contribution in [-0.2, 0) is 11.2 Å². The molecule has 0 aliphatic rings. The van der Waals surface area contributed by atoms with Crippen molar-refractivity contribution in [2.75, 3.05) is 0 Å². The average molecular weight is 306 g/mol. The number of fused-ring (bicyclic) bond motifs is 1. The lowest BCUT2D eigenvalue weighted by Gasteiger charge is -2.15. The molecule has 0 aliphatic carbocycles. The number of benzene rings is 1. The first-order valence-corrected chi connectivity index (χ1v) is 7.58. The van der Waals surface area contributed by atoms with Gasteiger partial charge >= 0.3 is 0 Å². The lowest BCUT2D eigenvalue weighted by molar-refractivity contribution is -0.116. The highest BCUT2D eigenvalue weighted by Gasteiger charge is 2.15. The van der Waals surface area contributed by atoms with Crippen LogP contribution >= 0.6 is 0 Å². The highest BCUT2D eigenvalue weighted by Crippen LogP contribution is 2.34. The van der Waals surface area contributed by atoms with Gasteiger partial charge in [-0.1, -0.05) is 18.2 Å². The van der Waals surface area contributed by atoms with Crippen LogP contribution in [0.3, 0.4) is 0 Å². The van der Waals surface area contributed by atoms with Crippen molar-refractivity contribution in [3.8, 4) is 16.9 Å². The van der Waals surface area contributed by atoms with Crippen LogP contribution in [0, 0.1) is 6.92 Å². The van der Waals surface area contributed by atoms with Crippen LogP contribution in [0.25, 0.3) is 22.0 Å². The zero-order valence-corrected chi connectivity index (χ0v) is 13.2. The van der Waals surface area contributed by atoms with E-state index in [1.165, 1.54) is 6.20 Å². The van der Waals surface area contributed by atoms with Crippen molar-refractivity contribution >= 4 is 16.7 Å². The fraction of sp³-hybridized carbons (Fsp3) is 0.211. The number of hydrogen-bond donors (Lipinski definition) is 1. The third kappa shape index (κ3) is 3.06. The number of rotatable bonds is 4. The van der Waals surface area contributed by atoms with E-state index in [2.05, 4.69) is 9.97 Å². The third-order valence-corrected chi connectivity index (χ3v) is 3.94. The van der Waals surface area contributed by atoms with E-state index in [1.54, 1.807) is 19.2 Å². The van der Waals surface area contributed by atoms with Crippen LogP contribution in [0.5, 0.6) is 5.75 Å². The summed E-state index contributed by atoms with van der Waals surface area (Å²) in [5.41, 5.74) is 4.67. The maximum absolute atomic E-state index is 11.4. The second-order valence-corrected chi connectivity index (χ2v) is 5.70. The molecule has 0 amide bonds. The predicted octanol–water partition coefficient (Wildman–Crippen LogP) is 3.83. The molecule has 0 saturated heterocycles. The second kappa shape index (κ2) is 6.16. The Morgan fingerprint density at radius 3 is 2.74 bits per heavy atom. The highest BCUT2D eigenvalue weighted by atomic mass is 16.3. The number of para-hydroxylation sites is 1. The maximum Gasteiger partial charge on any atom is 0.134 e. The van der Waals surface area contributed by atoms with E-state index in [9.17, 15) is 9.90 Å². The van der Waals surface area contributed by atoms with Crippen LogP contribution < -0.4 is 0 Å². The van der Waals surface area contributed by atoms with Gasteiger partial charge in [0.15, 0.2) is 0 Å². The largest absolute Gasteiger partial charge is 0.506 e. The molecule has 1 N–H and O–H groups in total. The van der Waals surface area contributed by atoms with Crippen LogP contribution in [0.2, 0.25) is 0 Å². The van der Waals surface area contributed by atoms with Gasteiger partial charge in [0, 0.05) is 29.3 Å². The van der Waals surface area contributed by atoms with Gasteiger partial charge in [-0.2, -0.15) is 0 Å². The molecule has 3 aromatic rings. The van der Waals surface area contributed by atoms with Gasteiger partial charge in [0.25, 0.3) is 0 Å². The zero-order chi connectivity index (χ0) is 16.4. The molecule has 4 heteroatoms. The SMILES string of the molecule is CC(=O)CCc1c(C)nc2ccccc2c1-c1cncc(O)c1. The van der Waals surface area contributed by atoms with Gasteiger partial charge < -0.3 is 9.90 Å². The number of carbonyl (C=O) groups is 1. The zero-order valence-electron chi connectivity index (χ0n) is 13.2. The summed E-state index contributed by atoms with van der Waals surface area (Å²) in [5.74, 6) is 0.274. The molecule has 0 spiro atoms. The van der Waals surface area contributed by atoms with Crippen molar-refractivity contribution in [3.05, 3.63) is 54.0 Å². The molecule has 0 bridgehead atoms. The van der Waals surface area contributed by atoms with E-state index in [4.69, 9.17) is 0 Å². The van der Waals surface area contributed by atoms with Gasteiger partial charge in [0.05, 0.1) is 11.7 Å². The molecule has 2 aromatic heterocycles. The van der Waals surface area contributed by atoms with Crippen molar-refractivity contribution in [1.82, 2.24) is 9.97 Å². The van der Waals surface area contributed by atoms with Crippen LogP contribution in [-0.4, -0.2) is 20.9 Å². The van der Waals surface area contributed by atoms with E-state index in [0.717, 1.165) is 33.3 Å². The van der Waals surface area contributed by atoms with E-state index in [-0.39, 0.29) is 11.5 Å². The molecule has 0 unspecified atom stereocenters. The first-order chi connectivity index (χ1) is 11.1.